The van der Waals surface area contributed by atoms with Crippen LogP contribution < -0.4 is 4.18 Å². The molecule has 0 aliphatic carbocycles. The minimum Gasteiger partial charge on any atom is -0.740 e. The molecule has 0 aromatic heterocycles. The quantitative estimate of drug-likeness (QED) is 0.442. The van der Waals surface area contributed by atoms with Crippen molar-refractivity contribution in [2.45, 2.75) is 26.2 Å². The highest BCUT2D eigenvalue weighted by atomic mass is 32.2. The van der Waals surface area contributed by atoms with E-state index in [4.69, 9.17) is 0 Å². The summed E-state index contributed by atoms with van der Waals surface area (Å²) in [6.45, 7) is 1.98. The number of hydrogen-bond acceptors (Lipinski definition) is 5. The number of nitro groups is 1. The molecule has 0 amide bonds. The maximum atomic E-state index is 10.6. The Kier molecular flexibility index (Phi) is 5.05. The van der Waals surface area contributed by atoms with Crippen LogP contribution in [0.1, 0.15) is 25.3 Å². The highest BCUT2D eigenvalue weighted by Gasteiger charge is 2.11. The minimum atomic E-state index is -2.67. The van der Waals surface area contributed by atoms with Gasteiger partial charge in [-0.15, -0.1) is 0 Å². The van der Waals surface area contributed by atoms with Gasteiger partial charge in [-0.05, 0) is 18.9 Å². The molecule has 1 rings (SSSR count). The van der Waals surface area contributed by atoms with Crippen molar-refractivity contribution in [3.63, 3.8) is 0 Å². The number of aryl methyl sites for hydroxylation is 1. The zero-order valence-electron chi connectivity index (χ0n) is 9.25. The van der Waals surface area contributed by atoms with Crippen molar-refractivity contribution >= 4 is 17.0 Å². The molecule has 6 nitrogen and oxygen atoms in total. The second kappa shape index (κ2) is 6.31. The van der Waals surface area contributed by atoms with Crippen molar-refractivity contribution in [2.75, 3.05) is 0 Å². The largest absolute Gasteiger partial charge is 0.740 e. The Labute approximate surface area is 101 Å². The fourth-order valence-corrected chi connectivity index (χ4v) is 1.71. The molecule has 0 spiro atoms. The molecule has 0 N–H and O–H groups in total. The smallest absolute Gasteiger partial charge is 0.269 e. The van der Waals surface area contributed by atoms with Crippen LogP contribution in [0, 0.1) is 10.1 Å². The van der Waals surface area contributed by atoms with Crippen molar-refractivity contribution in [1.82, 2.24) is 0 Å². The highest BCUT2D eigenvalue weighted by molar-refractivity contribution is 7.74. The highest BCUT2D eigenvalue weighted by Crippen LogP contribution is 2.26. The van der Waals surface area contributed by atoms with E-state index in [1.54, 1.807) is 0 Å². The average Bonchev–Trinajstić information content (AvgIpc) is 2.26. The van der Waals surface area contributed by atoms with Crippen molar-refractivity contribution in [3.05, 3.63) is 33.9 Å². The predicted molar refractivity (Wildman–Crippen MR) is 61.3 cm³/mol. The molecule has 0 saturated carbocycles. The summed E-state index contributed by atoms with van der Waals surface area (Å²) in [7, 11) is 0. The maximum Gasteiger partial charge on any atom is 0.269 e. The van der Waals surface area contributed by atoms with Crippen LogP contribution in [0.4, 0.5) is 5.69 Å². The Hall–Kier alpha value is -1.47. The van der Waals surface area contributed by atoms with Gasteiger partial charge in [0.05, 0.1) is 4.92 Å². The van der Waals surface area contributed by atoms with Gasteiger partial charge >= 0.3 is 0 Å². The lowest BCUT2D eigenvalue weighted by Gasteiger charge is -2.11. The molecule has 7 heteroatoms. The normalized spacial score (nSPS) is 12.1. The van der Waals surface area contributed by atoms with Gasteiger partial charge < -0.3 is 8.74 Å². The maximum absolute atomic E-state index is 10.6. The van der Waals surface area contributed by atoms with Crippen LogP contribution in [-0.4, -0.2) is 13.7 Å². The van der Waals surface area contributed by atoms with Gasteiger partial charge in [-0.2, -0.15) is 0 Å². The number of rotatable bonds is 6. The summed E-state index contributed by atoms with van der Waals surface area (Å²) >= 11 is -2.67. The lowest BCUT2D eigenvalue weighted by molar-refractivity contribution is -0.384. The zero-order valence-corrected chi connectivity index (χ0v) is 10.1. The third-order valence-corrected chi connectivity index (χ3v) is 2.53. The fourth-order valence-electron chi connectivity index (χ4n) is 1.40. The van der Waals surface area contributed by atoms with Crippen LogP contribution in [-0.2, 0) is 17.8 Å². The van der Waals surface area contributed by atoms with Gasteiger partial charge in [0.2, 0.25) is 0 Å². The van der Waals surface area contributed by atoms with E-state index in [1.165, 1.54) is 18.2 Å². The van der Waals surface area contributed by atoms with Crippen LogP contribution in [0.25, 0.3) is 0 Å². The molecular weight excluding hydrogens is 246 g/mol. The van der Waals surface area contributed by atoms with Crippen LogP contribution in [0.15, 0.2) is 18.2 Å². The first-order chi connectivity index (χ1) is 8.04. The van der Waals surface area contributed by atoms with Gasteiger partial charge in [-0.1, -0.05) is 13.3 Å². The molecule has 0 aliphatic heterocycles. The Balaban J connectivity index is 3.02. The molecule has 1 aromatic rings. The van der Waals surface area contributed by atoms with Crippen LogP contribution >= 0.6 is 0 Å². The monoisotopic (exact) mass is 258 g/mol. The Morgan fingerprint density at radius 2 is 2.18 bits per heavy atom. The number of benzene rings is 1. The minimum absolute atomic E-state index is 0.0693. The van der Waals surface area contributed by atoms with Gasteiger partial charge in [0.15, 0.2) is 0 Å². The molecule has 1 unspecified atom stereocenters. The SMILES string of the molecule is CCCCc1cc([N+](=O)[O-])ccc1OS(=O)[O-]. The Bertz CT molecular complexity index is 435. The number of nitro benzene ring substituents is 1. The van der Waals surface area contributed by atoms with Crippen LogP contribution in [0.2, 0.25) is 0 Å². The molecule has 0 saturated heterocycles. The van der Waals surface area contributed by atoms with E-state index in [-0.39, 0.29) is 11.4 Å². The Morgan fingerprint density at radius 3 is 2.71 bits per heavy atom. The van der Waals surface area contributed by atoms with Crippen LogP contribution in [0.5, 0.6) is 5.75 Å². The summed E-state index contributed by atoms with van der Waals surface area (Å²) in [5.74, 6) is 0.150. The first-order valence-electron chi connectivity index (χ1n) is 5.09. The van der Waals surface area contributed by atoms with Gasteiger partial charge in [-0.3, -0.25) is 10.1 Å². The molecule has 17 heavy (non-hydrogen) atoms. The molecule has 0 heterocycles. The van der Waals surface area contributed by atoms with Crippen molar-refractivity contribution in [2.24, 2.45) is 0 Å². The van der Waals surface area contributed by atoms with E-state index in [2.05, 4.69) is 4.18 Å². The number of hydrogen-bond donors (Lipinski definition) is 0. The van der Waals surface area contributed by atoms with Gasteiger partial charge in [0, 0.05) is 17.7 Å². The molecule has 0 fully saturated rings. The first-order valence-corrected chi connectivity index (χ1v) is 6.09. The molecule has 1 atom stereocenters. The zero-order chi connectivity index (χ0) is 12.8. The summed E-state index contributed by atoms with van der Waals surface area (Å²) in [5, 5.41) is 10.6. The van der Waals surface area contributed by atoms with Gasteiger partial charge in [0.25, 0.3) is 5.69 Å². The third-order valence-electron chi connectivity index (χ3n) is 2.21. The lowest BCUT2D eigenvalue weighted by atomic mass is 10.1. The molecular formula is C10H12NO5S-. The van der Waals surface area contributed by atoms with E-state index < -0.39 is 16.3 Å². The fraction of sp³-hybridized carbons (Fsp3) is 0.400. The van der Waals surface area contributed by atoms with Gasteiger partial charge in [0.1, 0.15) is 17.1 Å². The standard InChI is InChI=1S/C10H13NO5S/c1-2-3-4-8-7-9(11(12)13)5-6-10(8)16-17(14)15/h5-7H,2-4H2,1H3,(H,14,15)/p-1. The summed E-state index contributed by atoms with van der Waals surface area (Å²) in [5.41, 5.74) is 0.463. The summed E-state index contributed by atoms with van der Waals surface area (Å²) in [6, 6.07) is 3.87. The summed E-state index contributed by atoms with van der Waals surface area (Å²) in [4.78, 5) is 10.1. The molecule has 0 aliphatic rings. The molecule has 0 radical (unpaired) electrons. The average molecular weight is 258 g/mol. The van der Waals surface area contributed by atoms with E-state index >= 15 is 0 Å². The van der Waals surface area contributed by atoms with E-state index in [0.29, 0.717) is 12.0 Å². The predicted octanol–water partition coefficient (Wildman–Crippen LogP) is 2.11. The summed E-state index contributed by atoms with van der Waals surface area (Å²) < 4.78 is 25.5. The molecule has 94 valence electrons. The summed E-state index contributed by atoms with van der Waals surface area (Å²) in [6.07, 6.45) is 2.26. The lowest BCUT2D eigenvalue weighted by Crippen LogP contribution is -2.02. The Morgan fingerprint density at radius 1 is 1.47 bits per heavy atom. The first kappa shape index (κ1) is 13.6. The topological polar surface area (TPSA) is 92.5 Å². The molecule has 1 aromatic carbocycles. The van der Waals surface area contributed by atoms with Crippen LogP contribution in [0.3, 0.4) is 0 Å². The molecule has 0 bridgehead atoms. The second-order valence-electron chi connectivity index (χ2n) is 3.44. The van der Waals surface area contributed by atoms with Crippen molar-refractivity contribution < 1.29 is 17.9 Å². The second-order valence-corrected chi connectivity index (χ2v) is 4.02. The van der Waals surface area contributed by atoms with Gasteiger partial charge in [-0.25, -0.2) is 4.21 Å². The number of unbranched alkanes of at least 4 members (excludes halogenated alkanes) is 1. The number of nitrogens with zero attached hydrogens (tertiary/aromatic N) is 1. The third kappa shape index (κ3) is 4.12. The number of non-ortho nitro benzene ring substituents is 1. The van der Waals surface area contributed by atoms with Crippen molar-refractivity contribution in [1.29, 1.82) is 0 Å². The van der Waals surface area contributed by atoms with E-state index in [1.807, 2.05) is 6.92 Å². The van der Waals surface area contributed by atoms with E-state index in [9.17, 15) is 18.9 Å². The van der Waals surface area contributed by atoms with Crippen molar-refractivity contribution in [3.8, 4) is 5.75 Å². The van der Waals surface area contributed by atoms with E-state index in [0.717, 1.165) is 12.8 Å².